The first-order valence-corrected chi connectivity index (χ1v) is 11.4. The van der Waals surface area contributed by atoms with Gasteiger partial charge in [0, 0.05) is 5.56 Å². The van der Waals surface area contributed by atoms with Crippen molar-refractivity contribution >= 4 is 0 Å². The SMILES string of the molecule is CC(C)=CCC/C(C)=C/C=C/C(C)=C/C=C/[C@]1(C)CCc2c(C)c(O)c(C)c(C)c2O1. The summed E-state index contributed by atoms with van der Waals surface area (Å²) in [6.07, 6.45) is 19.2. The average molecular weight is 421 g/mol. The zero-order chi connectivity index (χ0) is 23.2. The van der Waals surface area contributed by atoms with Crippen LogP contribution in [0.4, 0.5) is 0 Å². The lowest BCUT2D eigenvalue weighted by molar-refractivity contribution is 0.112. The number of aromatic hydroxyl groups is 1. The summed E-state index contributed by atoms with van der Waals surface area (Å²) in [5.41, 5.74) is 7.69. The molecule has 0 fully saturated rings. The van der Waals surface area contributed by atoms with E-state index in [4.69, 9.17) is 4.74 Å². The molecule has 0 saturated heterocycles. The van der Waals surface area contributed by atoms with Gasteiger partial charge in [-0.25, -0.2) is 0 Å². The van der Waals surface area contributed by atoms with Crippen LogP contribution < -0.4 is 4.74 Å². The number of allylic oxidation sites excluding steroid dienone is 9. The van der Waals surface area contributed by atoms with Crippen LogP contribution in [0.15, 0.2) is 59.3 Å². The van der Waals surface area contributed by atoms with Gasteiger partial charge in [0.15, 0.2) is 0 Å². The minimum atomic E-state index is -0.338. The lowest BCUT2D eigenvalue weighted by Crippen LogP contribution is -2.35. The Bertz CT molecular complexity index is 950. The maximum atomic E-state index is 10.4. The van der Waals surface area contributed by atoms with Gasteiger partial charge in [-0.2, -0.15) is 0 Å². The van der Waals surface area contributed by atoms with Crippen molar-refractivity contribution in [1.82, 2.24) is 0 Å². The van der Waals surface area contributed by atoms with Gasteiger partial charge in [0.25, 0.3) is 0 Å². The molecule has 2 rings (SSSR count). The molecule has 1 N–H and O–H groups in total. The lowest BCUT2D eigenvalue weighted by atomic mass is 9.87. The molecule has 31 heavy (non-hydrogen) atoms. The zero-order valence-electron chi connectivity index (χ0n) is 20.7. The van der Waals surface area contributed by atoms with E-state index in [9.17, 15) is 5.11 Å². The molecule has 1 aliphatic rings. The third-order valence-corrected chi connectivity index (χ3v) is 6.19. The van der Waals surface area contributed by atoms with E-state index in [0.717, 1.165) is 53.7 Å². The molecule has 1 aromatic rings. The quantitative estimate of drug-likeness (QED) is 0.356. The van der Waals surface area contributed by atoms with Crippen LogP contribution >= 0.6 is 0 Å². The van der Waals surface area contributed by atoms with Crippen molar-refractivity contribution < 1.29 is 9.84 Å². The van der Waals surface area contributed by atoms with Gasteiger partial charge in [0.2, 0.25) is 0 Å². The number of hydrogen-bond acceptors (Lipinski definition) is 2. The molecule has 168 valence electrons. The van der Waals surface area contributed by atoms with Crippen molar-refractivity contribution in [2.75, 3.05) is 0 Å². The minimum absolute atomic E-state index is 0.338. The molecule has 0 aromatic heterocycles. The molecule has 1 atom stereocenters. The Kier molecular flexibility index (Phi) is 8.56. The summed E-state index contributed by atoms with van der Waals surface area (Å²) in [6, 6.07) is 0. The first-order valence-electron chi connectivity index (χ1n) is 11.4. The fourth-order valence-corrected chi connectivity index (χ4v) is 3.88. The maximum Gasteiger partial charge on any atom is 0.127 e. The van der Waals surface area contributed by atoms with Crippen LogP contribution in [0, 0.1) is 20.8 Å². The van der Waals surface area contributed by atoms with Gasteiger partial charge < -0.3 is 9.84 Å². The summed E-state index contributed by atoms with van der Waals surface area (Å²) in [5, 5.41) is 10.4. The van der Waals surface area contributed by atoms with E-state index in [1.807, 2.05) is 20.8 Å². The number of ether oxygens (including phenoxy) is 1. The Morgan fingerprint density at radius 3 is 2.39 bits per heavy atom. The van der Waals surface area contributed by atoms with Crippen LogP contribution in [0.1, 0.15) is 76.1 Å². The normalized spacial score (nSPS) is 19.6. The van der Waals surface area contributed by atoms with Crippen molar-refractivity contribution in [3.63, 3.8) is 0 Å². The lowest BCUT2D eigenvalue weighted by Gasteiger charge is -2.36. The second-order valence-corrected chi connectivity index (χ2v) is 9.41. The molecule has 0 unspecified atom stereocenters. The van der Waals surface area contributed by atoms with Crippen LogP contribution in [-0.4, -0.2) is 10.7 Å². The molecule has 0 radical (unpaired) electrons. The van der Waals surface area contributed by atoms with Crippen LogP contribution in [0.3, 0.4) is 0 Å². The van der Waals surface area contributed by atoms with Gasteiger partial charge in [-0.05, 0) is 104 Å². The van der Waals surface area contributed by atoms with Gasteiger partial charge in [-0.15, -0.1) is 0 Å². The Hall–Kier alpha value is -2.48. The highest BCUT2D eigenvalue weighted by atomic mass is 16.5. The Morgan fingerprint density at radius 2 is 1.71 bits per heavy atom. The summed E-state index contributed by atoms with van der Waals surface area (Å²) < 4.78 is 6.46. The fourth-order valence-electron chi connectivity index (χ4n) is 3.88. The van der Waals surface area contributed by atoms with E-state index in [-0.39, 0.29) is 5.60 Å². The second kappa shape index (κ2) is 10.7. The molecule has 1 heterocycles. The molecule has 0 aliphatic carbocycles. The van der Waals surface area contributed by atoms with Crippen molar-refractivity contribution in [1.29, 1.82) is 0 Å². The molecular weight excluding hydrogens is 380 g/mol. The monoisotopic (exact) mass is 420 g/mol. The number of rotatable bonds is 7. The van der Waals surface area contributed by atoms with Crippen LogP contribution in [-0.2, 0) is 6.42 Å². The standard InChI is InChI=1S/C29H40O2/c1-20(2)12-9-13-21(3)14-10-15-22(4)16-11-18-29(8)19-17-26-25(7)27(30)23(5)24(6)28(26)31-29/h10-12,14-16,18,30H,9,13,17,19H2,1-8H3/b15-10+,18-11+,21-14+,22-16+/t29-/m1/s1. The van der Waals surface area contributed by atoms with Crippen LogP contribution in [0.2, 0.25) is 0 Å². The van der Waals surface area contributed by atoms with E-state index in [2.05, 4.69) is 77.2 Å². The van der Waals surface area contributed by atoms with Gasteiger partial charge in [0.1, 0.15) is 17.1 Å². The first-order chi connectivity index (χ1) is 14.5. The van der Waals surface area contributed by atoms with Gasteiger partial charge >= 0.3 is 0 Å². The van der Waals surface area contributed by atoms with E-state index < -0.39 is 0 Å². The Labute approximate surface area is 189 Å². The number of benzene rings is 1. The summed E-state index contributed by atoms with van der Waals surface area (Å²) in [4.78, 5) is 0. The smallest absolute Gasteiger partial charge is 0.127 e. The van der Waals surface area contributed by atoms with Crippen LogP contribution in [0.5, 0.6) is 11.5 Å². The summed E-state index contributed by atoms with van der Waals surface area (Å²) >= 11 is 0. The highest BCUT2D eigenvalue weighted by Gasteiger charge is 2.32. The highest BCUT2D eigenvalue weighted by molar-refractivity contribution is 5.58. The predicted molar refractivity (Wildman–Crippen MR) is 134 cm³/mol. The largest absolute Gasteiger partial charge is 0.507 e. The summed E-state index contributed by atoms with van der Waals surface area (Å²) in [7, 11) is 0. The first kappa shape index (κ1) is 24.8. The van der Waals surface area contributed by atoms with Crippen molar-refractivity contribution in [3.8, 4) is 11.5 Å². The van der Waals surface area contributed by atoms with Crippen molar-refractivity contribution in [3.05, 3.63) is 81.5 Å². The topological polar surface area (TPSA) is 29.5 Å². The summed E-state index contributed by atoms with van der Waals surface area (Å²) in [5.74, 6) is 1.35. The Balaban J connectivity index is 2.04. The fraction of sp³-hybridized carbons (Fsp3) is 0.448. The minimum Gasteiger partial charge on any atom is -0.507 e. The third-order valence-electron chi connectivity index (χ3n) is 6.19. The van der Waals surface area contributed by atoms with Gasteiger partial charge in [-0.1, -0.05) is 53.2 Å². The molecule has 0 bridgehead atoms. The van der Waals surface area contributed by atoms with Gasteiger partial charge in [0.05, 0.1) is 0 Å². The number of phenols is 1. The third kappa shape index (κ3) is 6.75. The number of phenolic OH excluding ortho intramolecular Hbond substituents is 1. The molecule has 0 spiro atoms. The van der Waals surface area contributed by atoms with Gasteiger partial charge in [-0.3, -0.25) is 0 Å². The molecule has 0 amide bonds. The molecular formula is C29H40O2. The molecule has 2 nitrogen and oxygen atoms in total. The maximum absolute atomic E-state index is 10.4. The summed E-state index contributed by atoms with van der Waals surface area (Å²) in [6.45, 7) is 16.7. The molecule has 0 saturated carbocycles. The zero-order valence-corrected chi connectivity index (χ0v) is 20.7. The van der Waals surface area contributed by atoms with Crippen molar-refractivity contribution in [2.45, 2.75) is 86.7 Å². The second-order valence-electron chi connectivity index (χ2n) is 9.41. The highest BCUT2D eigenvalue weighted by Crippen LogP contribution is 2.43. The number of fused-ring (bicyclic) bond motifs is 1. The average Bonchev–Trinajstić information content (AvgIpc) is 2.70. The Morgan fingerprint density at radius 1 is 1.00 bits per heavy atom. The molecule has 2 heteroatoms. The predicted octanol–water partition coefficient (Wildman–Crippen LogP) is 8.15. The van der Waals surface area contributed by atoms with E-state index in [1.54, 1.807) is 0 Å². The van der Waals surface area contributed by atoms with Crippen LogP contribution in [0.25, 0.3) is 0 Å². The van der Waals surface area contributed by atoms with E-state index in [1.165, 1.54) is 16.7 Å². The number of hydrogen-bond donors (Lipinski definition) is 1. The molecule has 1 aromatic carbocycles. The van der Waals surface area contributed by atoms with Crippen molar-refractivity contribution in [2.24, 2.45) is 0 Å². The van der Waals surface area contributed by atoms with E-state index in [0.29, 0.717) is 5.75 Å². The van der Waals surface area contributed by atoms with E-state index >= 15 is 0 Å². The molecule has 1 aliphatic heterocycles.